The number of nitrogens with zero attached hydrogens (tertiary/aromatic N) is 1. The van der Waals surface area contributed by atoms with Gasteiger partial charge < -0.3 is 5.32 Å². The lowest BCUT2D eigenvalue weighted by Crippen LogP contribution is -2.41. The fourth-order valence-corrected chi connectivity index (χ4v) is 3.74. The highest BCUT2D eigenvalue weighted by Crippen LogP contribution is 2.30. The van der Waals surface area contributed by atoms with E-state index in [1.54, 1.807) is 0 Å². The molecule has 1 atom stereocenters. The molecule has 25 heavy (non-hydrogen) atoms. The van der Waals surface area contributed by atoms with Crippen molar-refractivity contribution in [3.63, 3.8) is 0 Å². The second-order valence-electron chi connectivity index (χ2n) is 5.57. The molecule has 1 N–H and O–H groups in total. The third kappa shape index (κ3) is 5.36. The van der Waals surface area contributed by atoms with Gasteiger partial charge in [0.1, 0.15) is 6.54 Å². The van der Waals surface area contributed by atoms with Crippen LogP contribution < -0.4 is 9.62 Å². The molecule has 2 rings (SSSR count). The summed E-state index contributed by atoms with van der Waals surface area (Å²) in [6.07, 6.45) is 1.02. The molecule has 2 aromatic rings. The minimum absolute atomic E-state index is 0.154. The van der Waals surface area contributed by atoms with Crippen molar-refractivity contribution in [2.45, 2.75) is 13.0 Å². The van der Waals surface area contributed by atoms with Crippen LogP contribution in [0.25, 0.3) is 0 Å². The quantitative estimate of drug-likeness (QED) is 0.804. The number of halogens is 2. The Labute approximate surface area is 157 Å². The molecule has 0 aliphatic heterocycles. The molecule has 8 heteroatoms. The number of benzene rings is 2. The summed E-state index contributed by atoms with van der Waals surface area (Å²) in [7, 11) is -3.70. The second-order valence-corrected chi connectivity index (χ2v) is 8.32. The van der Waals surface area contributed by atoms with Crippen LogP contribution in [0, 0.1) is 0 Å². The highest BCUT2D eigenvalue weighted by Gasteiger charge is 2.24. The van der Waals surface area contributed by atoms with Crippen molar-refractivity contribution in [2.75, 3.05) is 17.1 Å². The zero-order valence-electron chi connectivity index (χ0n) is 13.7. The SMILES string of the molecule is CC(NC(=O)CN(c1ccc(Cl)cc1Cl)S(C)(=O)=O)c1ccccc1. The molecular weight excluding hydrogens is 383 g/mol. The summed E-state index contributed by atoms with van der Waals surface area (Å²) in [4.78, 5) is 12.3. The summed E-state index contributed by atoms with van der Waals surface area (Å²) in [5, 5.41) is 3.32. The van der Waals surface area contributed by atoms with Crippen molar-refractivity contribution in [3.8, 4) is 0 Å². The van der Waals surface area contributed by atoms with E-state index in [1.807, 2.05) is 37.3 Å². The maximum atomic E-state index is 12.3. The normalized spacial score (nSPS) is 12.5. The van der Waals surface area contributed by atoms with E-state index in [9.17, 15) is 13.2 Å². The van der Waals surface area contributed by atoms with Gasteiger partial charge in [-0.1, -0.05) is 53.5 Å². The highest BCUT2D eigenvalue weighted by atomic mass is 35.5. The van der Waals surface area contributed by atoms with Gasteiger partial charge in [0.25, 0.3) is 0 Å². The van der Waals surface area contributed by atoms with E-state index in [0.29, 0.717) is 5.02 Å². The first-order chi connectivity index (χ1) is 11.7. The third-order valence-electron chi connectivity index (χ3n) is 3.54. The van der Waals surface area contributed by atoms with E-state index >= 15 is 0 Å². The number of nitrogens with one attached hydrogen (secondary N) is 1. The fraction of sp³-hybridized carbons (Fsp3) is 0.235. The monoisotopic (exact) mass is 400 g/mol. The van der Waals surface area contributed by atoms with Crippen LogP contribution in [-0.2, 0) is 14.8 Å². The van der Waals surface area contributed by atoms with Crippen LogP contribution in [0.2, 0.25) is 10.0 Å². The minimum atomic E-state index is -3.70. The average Bonchev–Trinajstić information content (AvgIpc) is 2.53. The van der Waals surface area contributed by atoms with Gasteiger partial charge >= 0.3 is 0 Å². The Hall–Kier alpha value is -1.76. The number of hydrogen-bond donors (Lipinski definition) is 1. The molecule has 0 aliphatic rings. The Balaban J connectivity index is 2.19. The van der Waals surface area contributed by atoms with Gasteiger partial charge in [-0.2, -0.15) is 0 Å². The Kier molecular flexibility index (Phi) is 6.32. The van der Waals surface area contributed by atoms with Crippen molar-refractivity contribution < 1.29 is 13.2 Å². The first kappa shape index (κ1) is 19.6. The van der Waals surface area contributed by atoms with Gasteiger partial charge in [-0.05, 0) is 30.7 Å². The molecule has 0 heterocycles. The van der Waals surface area contributed by atoms with Gasteiger partial charge in [-0.25, -0.2) is 8.42 Å². The van der Waals surface area contributed by atoms with E-state index in [1.165, 1.54) is 18.2 Å². The number of anilines is 1. The van der Waals surface area contributed by atoms with E-state index in [-0.39, 0.29) is 23.3 Å². The Morgan fingerprint density at radius 2 is 1.80 bits per heavy atom. The van der Waals surface area contributed by atoms with Crippen molar-refractivity contribution in [3.05, 3.63) is 64.1 Å². The van der Waals surface area contributed by atoms with Crippen molar-refractivity contribution in [2.24, 2.45) is 0 Å². The number of carbonyl (C=O) groups excluding carboxylic acids is 1. The summed E-state index contributed by atoms with van der Waals surface area (Å²) in [5.41, 5.74) is 1.13. The summed E-state index contributed by atoms with van der Waals surface area (Å²) in [5.74, 6) is -0.437. The number of carbonyl (C=O) groups is 1. The van der Waals surface area contributed by atoms with Crippen LogP contribution in [0.3, 0.4) is 0 Å². The molecular formula is C17H18Cl2N2O3S. The average molecular weight is 401 g/mol. The van der Waals surface area contributed by atoms with Crippen LogP contribution in [0.15, 0.2) is 48.5 Å². The minimum Gasteiger partial charge on any atom is -0.348 e. The maximum absolute atomic E-state index is 12.3. The number of rotatable bonds is 6. The summed E-state index contributed by atoms with van der Waals surface area (Å²) >= 11 is 11.9. The first-order valence-corrected chi connectivity index (χ1v) is 10.1. The van der Waals surface area contributed by atoms with Crippen molar-refractivity contribution in [1.82, 2.24) is 5.32 Å². The Bertz CT molecular complexity index is 857. The van der Waals surface area contributed by atoms with Gasteiger partial charge in [-0.15, -0.1) is 0 Å². The summed E-state index contributed by atoms with van der Waals surface area (Å²) in [6, 6.07) is 13.6. The predicted molar refractivity (Wildman–Crippen MR) is 102 cm³/mol. The molecule has 0 saturated carbocycles. The largest absolute Gasteiger partial charge is 0.348 e. The molecule has 134 valence electrons. The van der Waals surface area contributed by atoms with E-state index in [4.69, 9.17) is 23.2 Å². The van der Waals surface area contributed by atoms with Crippen LogP contribution in [0.5, 0.6) is 0 Å². The zero-order valence-corrected chi connectivity index (χ0v) is 16.1. The molecule has 0 aromatic heterocycles. The van der Waals surface area contributed by atoms with E-state index < -0.39 is 15.9 Å². The zero-order chi connectivity index (χ0) is 18.6. The van der Waals surface area contributed by atoms with Gasteiger partial charge in [0, 0.05) is 5.02 Å². The van der Waals surface area contributed by atoms with E-state index in [0.717, 1.165) is 16.1 Å². The number of amides is 1. The number of sulfonamides is 1. The summed E-state index contributed by atoms with van der Waals surface area (Å²) in [6.45, 7) is 1.45. The molecule has 0 bridgehead atoms. The fourth-order valence-electron chi connectivity index (χ4n) is 2.31. The molecule has 0 aliphatic carbocycles. The van der Waals surface area contributed by atoms with Gasteiger partial charge in [0.05, 0.1) is 23.0 Å². The molecule has 1 amide bonds. The smallest absolute Gasteiger partial charge is 0.241 e. The van der Waals surface area contributed by atoms with Crippen LogP contribution >= 0.6 is 23.2 Å². The highest BCUT2D eigenvalue weighted by molar-refractivity contribution is 7.92. The Morgan fingerprint density at radius 3 is 2.36 bits per heavy atom. The molecule has 2 aromatic carbocycles. The lowest BCUT2D eigenvalue weighted by atomic mass is 10.1. The Morgan fingerprint density at radius 1 is 1.16 bits per heavy atom. The molecule has 0 radical (unpaired) electrons. The van der Waals surface area contributed by atoms with Crippen LogP contribution in [0.4, 0.5) is 5.69 Å². The molecule has 0 saturated heterocycles. The lowest BCUT2D eigenvalue weighted by Gasteiger charge is -2.24. The maximum Gasteiger partial charge on any atom is 0.241 e. The third-order valence-corrected chi connectivity index (χ3v) is 5.21. The number of hydrogen-bond acceptors (Lipinski definition) is 3. The topological polar surface area (TPSA) is 66.5 Å². The molecule has 0 fully saturated rings. The molecule has 0 spiro atoms. The molecule has 1 unspecified atom stereocenters. The van der Waals surface area contributed by atoms with Crippen molar-refractivity contribution >= 4 is 44.8 Å². The van der Waals surface area contributed by atoms with E-state index in [2.05, 4.69) is 5.32 Å². The molecule has 5 nitrogen and oxygen atoms in total. The van der Waals surface area contributed by atoms with Gasteiger partial charge in [-0.3, -0.25) is 9.10 Å². The lowest BCUT2D eigenvalue weighted by molar-refractivity contribution is -0.120. The standard InChI is InChI=1S/C17H18Cl2N2O3S/c1-12(13-6-4-3-5-7-13)20-17(22)11-21(25(2,23)24)16-9-8-14(18)10-15(16)19/h3-10,12H,11H2,1-2H3,(H,20,22). The van der Waals surface area contributed by atoms with Crippen LogP contribution in [0.1, 0.15) is 18.5 Å². The van der Waals surface area contributed by atoms with Crippen molar-refractivity contribution in [1.29, 1.82) is 0 Å². The van der Waals surface area contributed by atoms with Crippen LogP contribution in [-0.4, -0.2) is 27.1 Å². The van der Waals surface area contributed by atoms with Gasteiger partial charge in [0.15, 0.2) is 0 Å². The van der Waals surface area contributed by atoms with Gasteiger partial charge in [0.2, 0.25) is 15.9 Å². The predicted octanol–water partition coefficient (Wildman–Crippen LogP) is 3.64. The summed E-state index contributed by atoms with van der Waals surface area (Å²) < 4.78 is 25.2. The first-order valence-electron chi connectivity index (χ1n) is 7.45. The second kappa shape index (κ2) is 8.08.